The maximum Gasteiger partial charge on any atom is 0.268 e. The number of aromatic nitrogens is 1. The number of fused-ring (bicyclic) bond motifs is 1. The van der Waals surface area contributed by atoms with Crippen molar-refractivity contribution in [1.29, 1.82) is 0 Å². The van der Waals surface area contributed by atoms with Crippen molar-refractivity contribution >= 4 is 11.7 Å². The summed E-state index contributed by atoms with van der Waals surface area (Å²) in [5.74, 6) is -1.06. The van der Waals surface area contributed by atoms with Crippen molar-refractivity contribution in [1.82, 2.24) is 9.88 Å². The summed E-state index contributed by atoms with van der Waals surface area (Å²) in [5, 5.41) is 2.68. The first-order valence-electron chi connectivity index (χ1n) is 8.88. The molecule has 1 amide bonds. The molecular weight excluding hydrogens is 351 g/mol. The summed E-state index contributed by atoms with van der Waals surface area (Å²) in [6.07, 6.45) is 2.17. The molecule has 6 nitrogen and oxygen atoms in total. The van der Waals surface area contributed by atoms with Crippen LogP contribution in [0.15, 0.2) is 35.1 Å². The molecule has 0 atom stereocenters. The number of hydrogen-bond acceptors (Lipinski definition) is 4. The van der Waals surface area contributed by atoms with Crippen molar-refractivity contribution in [3.8, 4) is 5.69 Å². The van der Waals surface area contributed by atoms with E-state index >= 15 is 0 Å². The molecule has 0 saturated carbocycles. The Bertz CT molecular complexity index is 919. The number of benzene rings is 1. The lowest BCUT2D eigenvalue weighted by Crippen LogP contribution is -2.36. The number of methoxy groups -OCH3 is 1. The largest absolute Gasteiger partial charge is 0.385 e. The van der Waals surface area contributed by atoms with E-state index < -0.39 is 17.3 Å². The first kappa shape index (κ1) is 19.0. The van der Waals surface area contributed by atoms with Crippen LogP contribution in [0.4, 0.5) is 4.39 Å². The number of pyridine rings is 1. The topological polar surface area (TPSA) is 77.4 Å². The molecule has 1 N–H and O–H groups in total. The molecule has 0 spiro atoms. The minimum atomic E-state index is -0.534. The van der Waals surface area contributed by atoms with Crippen molar-refractivity contribution in [3.63, 3.8) is 0 Å². The number of halogens is 1. The molecule has 0 saturated heterocycles. The molecule has 0 bridgehead atoms. The number of ketones is 1. The third kappa shape index (κ3) is 3.98. The number of hydrogen-bond donors (Lipinski definition) is 1. The van der Waals surface area contributed by atoms with Gasteiger partial charge in [0.1, 0.15) is 11.4 Å². The van der Waals surface area contributed by atoms with Gasteiger partial charge in [0.25, 0.3) is 11.5 Å². The van der Waals surface area contributed by atoms with Gasteiger partial charge in [0.05, 0.1) is 0 Å². The quantitative estimate of drug-likeness (QED) is 0.789. The first-order chi connectivity index (χ1) is 13.0. The van der Waals surface area contributed by atoms with Crippen LogP contribution in [0.1, 0.15) is 45.7 Å². The molecule has 142 valence electrons. The minimum Gasteiger partial charge on any atom is -0.385 e. The van der Waals surface area contributed by atoms with Gasteiger partial charge in [-0.05, 0) is 49.6 Å². The van der Waals surface area contributed by atoms with E-state index in [1.54, 1.807) is 7.11 Å². The molecule has 1 aromatic heterocycles. The molecule has 7 heteroatoms. The average molecular weight is 372 g/mol. The lowest BCUT2D eigenvalue weighted by atomic mass is 9.92. The molecule has 1 aliphatic carbocycles. The van der Waals surface area contributed by atoms with E-state index in [9.17, 15) is 18.8 Å². The molecule has 2 aromatic rings. The fourth-order valence-electron chi connectivity index (χ4n) is 3.23. The molecule has 0 fully saturated rings. The van der Waals surface area contributed by atoms with Gasteiger partial charge in [-0.15, -0.1) is 0 Å². The lowest BCUT2D eigenvalue weighted by molar-refractivity contribution is 0.0946. The van der Waals surface area contributed by atoms with Crippen LogP contribution in [0.25, 0.3) is 5.69 Å². The van der Waals surface area contributed by atoms with Crippen molar-refractivity contribution in [2.24, 2.45) is 0 Å². The third-order valence-corrected chi connectivity index (χ3v) is 4.56. The highest BCUT2D eigenvalue weighted by Crippen LogP contribution is 2.23. The Morgan fingerprint density at radius 1 is 1.22 bits per heavy atom. The fourth-order valence-corrected chi connectivity index (χ4v) is 3.23. The molecular formula is C20H21FN2O4. The average Bonchev–Trinajstić information content (AvgIpc) is 2.66. The Kier molecular flexibility index (Phi) is 5.81. The van der Waals surface area contributed by atoms with Gasteiger partial charge >= 0.3 is 0 Å². The zero-order valence-corrected chi connectivity index (χ0v) is 15.1. The van der Waals surface area contributed by atoms with Gasteiger partial charge in [0.15, 0.2) is 5.78 Å². The van der Waals surface area contributed by atoms with Crippen molar-refractivity contribution < 1.29 is 18.7 Å². The van der Waals surface area contributed by atoms with E-state index in [-0.39, 0.29) is 11.3 Å². The van der Waals surface area contributed by atoms with E-state index in [0.29, 0.717) is 55.8 Å². The zero-order valence-electron chi connectivity index (χ0n) is 15.1. The number of amides is 1. The second-order valence-corrected chi connectivity index (χ2v) is 6.41. The molecule has 1 aliphatic rings. The molecule has 27 heavy (non-hydrogen) atoms. The Hall–Kier alpha value is -2.80. The van der Waals surface area contributed by atoms with E-state index in [1.165, 1.54) is 34.9 Å². The SMILES string of the molecule is COCCCNC(=O)c1cc2c(n(-c3ccc(F)cc3)c1=O)CCCC2=O. The second kappa shape index (κ2) is 8.26. The predicted octanol–water partition coefficient (Wildman–Crippen LogP) is 2.26. The summed E-state index contributed by atoms with van der Waals surface area (Å²) in [6.45, 7) is 0.844. The number of Topliss-reactive ketones (excluding diaryl/α,β-unsaturated/α-hetero) is 1. The van der Waals surface area contributed by atoms with Gasteiger partial charge in [-0.1, -0.05) is 0 Å². The van der Waals surface area contributed by atoms with Crippen molar-refractivity contribution in [3.05, 3.63) is 63.3 Å². The van der Waals surface area contributed by atoms with E-state index in [4.69, 9.17) is 4.74 Å². The highest BCUT2D eigenvalue weighted by atomic mass is 19.1. The Morgan fingerprint density at radius 2 is 1.96 bits per heavy atom. The highest BCUT2D eigenvalue weighted by Gasteiger charge is 2.26. The Balaban J connectivity index is 2.07. The van der Waals surface area contributed by atoms with Gasteiger partial charge in [-0.3, -0.25) is 19.0 Å². The minimum absolute atomic E-state index is 0.0919. The van der Waals surface area contributed by atoms with Crippen LogP contribution in [0, 0.1) is 5.82 Å². The van der Waals surface area contributed by atoms with E-state index in [0.717, 1.165) is 0 Å². The lowest BCUT2D eigenvalue weighted by Gasteiger charge is -2.21. The highest BCUT2D eigenvalue weighted by molar-refractivity contribution is 6.01. The summed E-state index contributed by atoms with van der Waals surface area (Å²) < 4.78 is 19.6. The standard InChI is InChI=1S/C20H21FN2O4/c1-27-11-3-10-22-19(25)16-12-15-17(4-2-5-18(15)24)23(20(16)26)14-8-6-13(21)7-9-14/h6-9,12H,2-5,10-11H2,1H3,(H,22,25). The van der Waals surface area contributed by atoms with Crippen LogP contribution in [0.5, 0.6) is 0 Å². The van der Waals surface area contributed by atoms with Crippen molar-refractivity contribution in [2.75, 3.05) is 20.3 Å². The number of carbonyl (C=O) groups is 2. The monoisotopic (exact) mass is 372 g/mol. The number of rotatable bonds is 6. The molecule has 0 aliphatic heterocycles. The molecule has 1 heterocycles. The summed E-state index contributed by atoms with van der Waals surface area (Å²) in [4.78, 5) is 37.9. The van der Waals surface area contributed by atoms with Gasteiger partial charge in [-0.2, -0.15) is 0 Å². The summed E-state index contributed by atoms with van der Waals surface area (Å²) in [7, 11) is 1.57. The van der Waals surface area contributed by atoms with Crippen LogP contribution in [-0.4, -0.2) is 36.5 Å². The van der Waals surface area contributed by atoms with E-state index in [2.05, 4.69) is 5.32 Å². The molecule has 0 radical (unpaired) electrons. The Labute approximate surface area is 156 Å². The van der Waals surface area contributed by atoms with Gasteiger partial charge in [0.2, 0.25) is 0 Å². The summed E-state index contributed by atoms with van der Waals surface area (Å²) in [5.41, 5.74) is 0.775. The summed E-state index contributed by atoms with van der Waals surface area (Å²) >= 11 is 0. The van der Waals surface area contributed by atoms with Gasteiger partial charge in [-0.25, -0.2) is 4.39 Å². The number of nitrogens with zero attached hydrogens (tertiary/aromatic N) is 1. The van der Waals surface area contributed by atoms with Gasteiger partial charge < -0.3 is 10.1 Å². The molecule has 0 unspecified atom stereocenters. The summed E-state index contributed by atoms with van der Waals surface area (Å²) in [6, 6.07) is 6.82. The zero-order chi connectivity index (χ0) is 19.4. The second-order valence-electron chi connectivity index (χ2n) is 6.41. The third-order valence-electron chi connectivity index (χ3n) is 4.56. The maximum atomic E-state index is 13.3. The van der Waals surface area contributed by atoms with Crippen LogP contribution in [-0.2, 0) is 11.2 Å². The first-order valence-corrected chi connectivity index (χ1v) is 8.88. The number of carbonyl (C=O) groups excluding carboxylic acids is 2. The van der Waals surface area contributed by atoms with Crippen LogP contribution in [0.3, 0.4) is 0 Å². The van der Waals surface area contributed by atoms with Crippen molar-refractivity contribution in [2.45, 2.75) is 25.7 Å². The van der Waals surface area contributed by atoms with E-state index in [1.807, 2.05) is 0 Å². The number of ether oxygens (including phenoxy) is 1. The molecule has 3 rings (SSSR count). The van der Waals surface area contributed by atoms with Gasteiger partial charge in [0, 0.05) is 43.6 Å². The van der Waals surface area contributed by atoms with Crippen LogP contribution >= 0.6 is 0 Å². The smallest absolute Gasteiger partial charge is 0.268 e. The number of nitrogens with one attached hydrogen (secondary N) is 1. The fraction of sp³-hybridized carbons (Fsp3) is 0.350. The maximum absolute atomic E-state index is 13.3. The normalized spacial score (nSPS) is 13.3. The molecule has 1 aromatic carbocycles. The van der Waals surface area contributed by atoms with Crippen LogP contribution < -0.4 is 10.9 Å². The Morgan fingerprint density at radius 3 is 2.67 bits per heavy atom. The van der Waals surface area contributed by atoms with Crippen LogP contribution in [0.2, 0.25) is 0 Å². The predicted molar refractivity (Wildman–Crippen MR) is 98.1 cm³/mol.